The van der Waals surface area contributed by atoms with Crippen LogP contribution in [0.2, 0.25) is 0 Å². The third kappa shape index (κ3) is 4.01. The number of aryl methyl sites for hydroxylation is 2. The van der Waals surface area contributed by atoms with Gasteiger partial charge in [0.05, 0.1) is 0 Å². The molecule has 0 bridgehead atoms. The average Bonchev–Trinajstić information content (AvgIpc) is 3.17. The first kappa shape index (κ1) is 16.7. The van der Waals surface area contributed by atoms with Gasteiger partial charge >= 0.3 is 0 Å². The van der Waals surface area contributed by atoms with E-state index in [4.69, 9.17) is 9.15 Å². The fourth-order valence-electron chi connectivity index (χ4n) is 1.92. The van der Waals surface area contributed by atoms with Gasteiger partial charge in [0.2, 0.25) is 11.0 Å². The Morgan fingerprint density at radius 2 is 2.12 bits per heavy atom. The molecule has 3 rings (SSSR count). The largest absolute Gasteiger partial charge is 0.484 e. The van der Waals surface area contributed by atoms with Gasteiger partial charge in [-0.2, -0.15) is 9.36 Å². The molecule has 0 unspecified atom stereocenters. The summed E-state index contributed by atoms with van der Waals surface area (Å²) in [7, 11) is 0. The monoisotopic (exact) mass is 407 g/mol. The van der Waals surface area contributed by atoms with Crippen LogP contribution in [-0.2, 0) is 4.79 Å². The van der Waals surface area contributed by atoms with Gasteiger partial charge < -0.3 is 9.15 Å². The van der Waals surface area contributed by atoms with Crippen molar-refractivity contribution in [1.82, 2.24) is 9.36 Å². The Bertz CT molecular complexity index is 875. The number of aromatic nitrogens is 2. The number of halogens is 1. The number of carbonyl (C=O) groups excluding carboxylic acids is 1. The lowest BCUT2D eigenvalue weighted by Crippen LogP contribution is -2.20. The molecule has 0 fully saturated rings. The molecule has 0 aliphatic carbocycles. The molecule has 0 aliphatic rings. The molecule has 3 aromatic rings. The number of nitrogens with zero attached hydrogens (tertiary/aromatic N) is 2. The number of carbonyl (C=O) groups is 1. The van der Waals surface area contributed by atoms with Gasteiger partial charge in [-0.05, 0) is 65.2 Å². The highest BCUT2D eigenvalue weighted by Gasteiger charge is 2.12. The molecule has 1 N–H and O–H groups in total. The predicted molar refractivity (Wildman–Crippen MR) is 95.4 cm³/mol. The molecule has 124 valence electrons. The van der Waals surface area contributed by atoms with Gasteiger partial charge in [-0.25, -0.2) is 0 Å². The quantitative estimate of drug-likeness (QED) is 0.685. The molecule has 0 radical (unpaired) electrons. The summed E-state index contributed by atoms with van der Waals surface area (Å²) in [5, 5.41) is 3.06. The summed E-state index contributed by atoms with van der Waals surface area (Å²) in [5.41, 5.74) is 2.30. The lowest BCUT2D eigenvalue weighted by Gasteiger charge is -2.07. The number of rotatable bonds is 5. The first-order chi connectivity index (χ1) is 11.5. The van der Waals surface area contributed by atoms with Crippen LogP contribution in [0.4, 0.5) is 5.13 Å². The van der Waals surface area contributed by atoms with Crippen LogP contribution in [0.5, 0.6) is 5.75 Å². The normalized spacial score (nSPS) is 10.6. The van der Waals surface area contributed by atoms with Gasteiger partial charge in [-0.3, -0.25) is 10.1 Å². The zero-order valence-corrected chi connectivity index (χ0v) is 15.4. The SMILES string of the molecule is Cc1ccc(OCC(=O)Nc2nc(-c3ccc(Br)o3)ns2)cc1C. The minimum Gasteiger partial charge on any atom is -0.484 e. The first-order valence-corrected chi connectivity index (χ1v) is 8.67. The van der Waals surface area contributed by atoms with E-state index >= 15 is 0 Å². The maximum atomic E-state index is 12.0. The van der Waals surface area contributed by atoms with E-state index < -0.39 is 0 Å². The van der Waals surface area contributed by atoms with E-state index in [1.807, 2.05) is 32.0 Å². The van der Waals surface area contributed by atoms with Crippen LogP contribution in [0.3, 0.4) is 0 Å². The molecular formula is C16H14BrN3O3S. The van der Waals surface area contributed by atoms with E-state index in [0.717, 1.165) is 17.1 Å². The molecular weight excluding hydrogens is 394 g/mol. The summed E-state index contributed by atoms with van der Waals surface area (Å²) in [6.45, 7) is 3.93. The van der Waals surface area contributed by atoms with Crippen molar-refractivity contribution in [3.05, 3.63) is 46.1 Å². The molecule has 1 amide bonds. The molecule has 6 nitrogen and oxygen atoms in total. The van der Waals surface area contributed by atoms with E-state index in [-0.39, 0.29) is 12.5 Å². The Kier molecular flexibility index (Phi) is 4.96. The molecule has 0 spiro atoms. The van der Waals surface area contributed by atoms with Crippen molar-refractivity contribution in [1.29, 1.82) is 0 Å². The van der Waals surface area contributed by atoms with Crippen LogP contribution in [0, 0.1) is 13.8 Å². The van der Waals surface area contributed by atoms with E-state index in [2.05, 4.69) is 30.6 Å². The molecule has 8 heteroatoms. The van der Waals surface area contributed by atoms with Crippen molar-refractivity contribution >= 4 is 38.5 Å². The minimum atomic E-state index is -0.295. The predicted octanol–water partition coefficient (Wildman–Crippen LogP) is 4.19. The van der Waals surface area contributed by atoms with E-state index in [9.17, 15) is 4.79 Å². The summed E-state index contributed by atoms with van der Waals surface area (Å²) < 4.78 is 15.6. The lowest BCUT2D eigenvalue weighted by molar-refractivity contribution is -0.118. The lowest BCUT2D eigenvalue weighted by atomic mass is 10.1. The summed E-state index contributed by atoms with van der Waals surface area (Å²) in [6.07, 6.45) is 0. The standard InChI is InChI=1S/C16H14BrN3O3S/c1-9-3-4-11(7-10(9)2)22-8-14(21)18-16-19-15(20-24-16)12-5-6-13(17)23-12/h3-7H,8H2,1-2H3,(H,18,19,20,21). The fraction of sp³-hybridized carbons (Fsp3) is 0.188. The first-order valence-electron chi connectivity index (χ1n) is 7.10. The Hall–Kier alpha value is -2.19. The van der Waals surface area contributed by atoms with Crippen molar-refractivity contribution in [2.24, 2.45) is 0 Å². The van der Waals surface area contributed by atoms with Gasteiger partial charge in [0.25, 0.3) is 5.91 Å². The molecule has 0 saturated heterocycles. The number of hydrogen-bond donors (Lipinski definition) is 1. The van der Waals surface area contributed by atoms with Crippen LogP contribution in [0.15, 0.2) is 39.4 Å². The topological polar surface area (TPSA) is 77.2 Å². The maximum absolute atomic E-state index is 12.0. The molecule has 2 aromatic heterocycles. The second-order valence-corrected chi connectivity index (χ2v) is 6.64. The number of anilines is 1. The number of hydrogen-bond acceptors (Lipinski definition) is 6. The third-order valence-corrected chi connectivity index (χ3v) is 4.37. The average molecular weight is 408 g/mol. The summed E-state index contributed by atoms with van der Waals surface area (Å²) in [6, 6.07) is 9.21. The van der Waals surface area contributed by atoms with E-state index in [1.165, 1.54) is 5.56 Å². The summed E-state index contributed by atoms with van der Waals surface area (Å²) >= 11 is 4.31. The van der Waals surface area contributed by atoms with E-state index in [1.54, 1.807) is 12.1 Å². The third-order valence-electron chi connectivity index (χ3n) is 3.31. The second kappa shape index (κ2) is 7.14. The smallest absolute Gasteiger partial charge is 0.264 e. The maximum Gasteiger partial charge on any atom is 0.264 e. The van der Waals surface area contributed by atoms with Crippen molar-refractivity contribution in [3.63, 3.8) is 0 Å². The number of furan rings is 1. The summed E-state index contributed by atoms with van der Waals surface area (Å²) in [4.78, 5) is 16.2. The summed E-state index contributed by atoms with van der Waals surface area (Å²) in [5.74, 6) is 1.32. The molecule has 0 saturated carbocycles. The van der Waals surface area contributed by atoms with Crippen LogP contribution in [-0.4, -0.2) is 21.9 Å². The molecule has 0 aliphatic heterocycles. The number of amides is 1. The van der Waals surface area contributed by atoms with Crippen LogP contribution in [0.25, 0.3) is 11.6 Å². The Balaban J connectivity index is 1.57. The Labute approximate surface area is 151 Å². The Morgan fingerprint density at radius 1 is 1.29 bits per heavy atom. The van der Waals surface area contributed by atoms with Gasteiger partial charge in [-0.15, -0.1) is 0 Å². The van der Waals surface area contributed by atoms with Crippen molar-refractivity contribution in [2.75, 3.05) is 11.9 Å². The van der Waals surface area contributed by atoms with Gasteiger partial charge in [-0.1, -0.05) is 6.07 Å². The molecule has 0 atom stereocenters. The highest BCUT2D eigenvalue weighted by atomic mass is 79.9. The van der Waals surface area contributed by atoms with Gasteiger partial charge in [0, 0.05) is 11.5 Å². The van der Waals surface area contributed by atoms with Crippen LogP contribution in [0.1, 0.15) is 11.1 Å². The van der Waals surface area contributed by atoms with Crippen molar-refractivity contribution in [2.45, 2.75) is 13.8 Å². The molecule has 1 aromatic carbocycles. The van der Waals surface area contributed by atoms with Crippen LogP contribution < -0.4 is 10.1 Å². The minimum absolute atomic E-state index is 0.0935. The van der Waals surface area contributed by atoms with E-state index in [0.29, 0.717) is 27.1 Å². The van der Waals surface area contributed by atoms with Crippen molar-refractivity contribution < 1.29 is 13.9 Å². The zero-order chi connectivity index (χ0) is 17.1. The Morgan fingerprint density at radius 3 is 2.83 bits per heavy atom. The number of nitrogens with one attached hydrogen (secondary N) is 1. The highest BCUT2D eigenvalue weighted by molar-refractivity contribution is 9.10. The molecule has 2 heterocycles. The van der Waals surface area contributed by atoms with Gasteiger partial charge in [0.15, 0.2) is 17.0 Å². The zero-order valence-electron chi connectivity index (χ0n) is 13.0. The number of benzene rings is 1. The number of ether oxygens (including phenoxy) is 1. The van der Waals surface area contributed by atoms with Crippen molar-refractivity contribution in [3.8, 4) is 17.3 Å². The second-order valence-electron chi connectivity index (χ2n) is 5.11. The fourth-order valence-corrected chi connectivity index (χ4v) is 2.81. The van der Waals surface area contributed by atoms with Crippen LogP contribution >= 0.6 is 27.5 Å². The molecule has 24 heavy (non-hydrogen) atoms. The van der Waals surface area contributed by atoms with Gasteiger partial charge in [0.1, 0.15) is 5.75 Å². The highest BCUT2D eigenvalue weighted by Crippen LogP contribution is 2.25.